The fourth-order valence-corrected chi connectivity index (χ4v) is 5.32. The first-order valence-corrected chi connectivity index (χ1v) is 12.0. The molecule has 0 saturated carbocycles. The Morgan fingerprint density at radius 2 is 1.94 bits per heavy atom. The van der Waals surface area contributed by atoms with Crippen LogP contribution in [0.2, 0.25) is 5.02 Å². The molecule has 0 bridgehead atoms. The number of hydrogen-bond acceptors (Lipinski definition) is 7. The maximum Gasteiger partial charge on any atom is 0.259 e. The van der Waals surface area contributed by atoms with Gasteiger partial charge in [-0.1, -0.05) is 22.9 Å². The number of thiocarbonyl (C=S) groups is 1. The molecule has 9 nitrogen and oxygen atoms in total. The van der Waals surface area contributed by atoms with Crippen molar-refractivity contribution in [2.75, 3.05) is 15.1 Å². The zero-order valence-corrected chi connectivity index (χ0v) is 21.1. The van der Waals surface area contributed by atoms with Crippen molar-refractivity contribution in [2.24, 2.45) is 5.73 Å². The number of nitrogens with two attached hydrogens (primary N) is 1. The number of nitrogens with zero attached hydrogens (tertiary/aromatic N) is 4. The topological polar surface area (TPSA) is 132 Å². The lowest BCUT2D eigenvalue weighted by Crippen LogP contribution is -2.44. The lowest BCUT2D eigenvalue weighted by atomic mass is 10.0. The molecule has 0 aliphatic carbocycles. The van der Waals surface area contributed by atoms with Crippen LogP contribution in [0, 0.1) is 11.3 Å². The predicted molar refractivity (Wildman–Crippen MR) is 139 cm³/mol. The average molecular weight is 527 g/mol. The molecule has 1 aromatic heterocycles. The van der Waals surface area contributed by atoms with Gasteiger partial charge >= 0.3 is 0 Å². The van der Waals surface area contributed by atoms with Crippen molar-refractivity contribution >= 4 is 84.7 Å². The number of rotatable bonds is 6. The fraction of sp³-hybridized carbons (Fsp3) is 0.217. The molecule has 1 aliphatic heterocycles. The summed E-state index contributed by atoms with van der Waals surface area (Å²) in [5.41, 5.74) is 6.12. The van der Waals surface area contributed by atoms with Gasteiger partial charge in [-0.3, -0.25) is 19.3 Å². The SMILES string of the molecule is CC1(C)C(=O)N(c2ccc(C#N)c(Cl)c2)C(=S)N1c1ccc2sc(NC(=O)CCC(N)=O)nc2c1. The van der Waals surface area contributed by atoms with Gasteiger partial charge < -0.3 is 16.0 Å². The van der Waals surface area contributed by atoms with Gasteiger partial charge in [0.15, 0.2) is 10.2 Å². The highest BCUT2D eigenvalue weighted by atomic mass is 35.5. The Balaban J connectivity index is 1.64. The van der Waals surface area contributed by atoms with Gasteiger partial charge in [0.05, 0.1) is 26.5 Å². The monoisotopic (exact) mass is 526 g/mol. The van der Waals surface area contributed by atoms with Gasteiger partial charge in [-0.15, -0.1) is 0 Å². The summed E-state index contributed by atoms with van der Waals surface area (Å²) in [7, 11) is 0. The first-order chi connectivity index (χ1) is 16.5. The van der Waals surface area contributed by atoms with Crippen LogP contribution in [0.25, 0.3) is 10.2 Å². The van der Waals surface area contributed by atoms with Crippen LogP contribution in [0.4, 0.5) is 16.5 Å². The number of benzene rings is 2. The molecule has 0 radical (unpaired) electrons. The normalized spacial score (nSPS) is 14.9. The zero-order chi connectivity index (χ0) is 25.5. The number of primary amides is 1. The number of anilines is 3. The van der Waals surface area contributed by atoms with Crippen molar-refractivity contribution in [1.82, 2.24) is 4.98 Å². The van der Waals surface area contributed by atoms with E-state index in [9.17, 15) is 14.4 Å². The van der Waals surface area contributed by atoms with Gasteiger partial charge in [0.2, 0.25) is 11.8 Å². The van der Waals surface area contributed by atoms with Crippen molar-refractivity contribution in [2.45, 2.75) is 32.2 Å². The highest BCUT2D eigenvalue weighted by molar-refractivity contribution is 7.81. The van der Waals surface area contributed by atoms with Crippen molar-refractivity contribution in [3.05, 3.63) is 47.0 Å². The second-order valence-electron chi connectivity index (χ2n) is 8.28. The van der Waals surface area contributed by atoms with Gasteiger partial charge in [0, 0.05) is 18.5 Å². The van der Waals surface area contributed by atoms with E-state index in [0.717, 1.165) is 4.70 Å². The number of halogens is 1. The van der Waals surface area contributed by atoms with Crippen LogP contribution in [0.5, 0.6) is 0 Å². The first-order valence-electron chi connectivity index (χ1n) is 10.4. The van der Waals surface area contributed by atoms with Crippen LogP contribution >= 0.6 is 35.2 Å². The fourth-order valence-electron chi connectivity index (χ4n) is 3.72. The Labute approximate surface area is 215 Å². The largest absolute Gasteiger partial charge is 0.370 e. The molecule has 0 atom stereocenters. The highest BCUT2D eigenvalue weighted by Gasteiger charge is 2.50. The standard InChI is InChI=1S/C23H19ClN6O3S2/c1-23(2)20(33)29(13-4-3-12(11-25)15(24)9-13)22(34)30(23)14-5-6-17-16(10-14)27-21(35-17)28-19(32)8-7-18(26)31/h3-6,9-10H,7-8H2,1-2H3,(H2,26,31)(H,27,28,32). The minimum Gasteiger partial charge on any atom is -0.370 e. The van der Waals surface area contributed by atoms with Crippen molar-refractivity contribution < 1.29 is 14.4 Å². The molecule has 3 amide bonds. The average Bonchev–Trinajstić information content (AvgIpc) is 3.26. The number of thiazole rings is 1. The molecule has 1 aliphatic rings. The molecule has 4 rings (SSSR count). The van der Waals surface area contributed by atoms with Crippen LogP contribution in [-0.2, 0) is 14.4 Å². The van der Waals surface area contributed by atoms with E-state index in [-0.39, 0.29) is 34.8 Å². The molecular formula is C23H19ClN6O3S2. The molecule has 1 fully saturated rings. The van der Waals surface area contributed by atoms with Crippen LogP contribution in [0.1, 0.15) is 32.3 Å². The minimum atomic E-state index is -1.01. The Bertz CT molecular complexity index is 1440. The summed E-state index contributed by atoms with van der Waals surface area (Å²) in [6, 6.07) is 12.2. The number of fused-ring (bicyclic) bond motifs is 1. The Kier molecular flexibility index (Phi) is 6.46. The number of nitriles is 1. The minimum absolute atomic E-state index is 0.0238. The zero-order valence-electron chi connectivity index (χ0n) is 18.7. The summed E-state index contributed by atoms with van der Waals surface area (Å²) in [4.78, 5) is 43.9. The van der Waals surface area contributed by atoms with Gasteiger partial charge in [-0.05, 0) is 62.5 Å². The lowest BCUT2D eigenvalue weighted by molar-refractivity contribution is -0.122. The maximum absolute atomic E-state index is 13.4. The van der Waals surface area contributed by atoms with E-state index in [4.69, 9.17) is 34.8 Å². The number of hydrogen-bond donors (Lipinski definition) is 2. The number of nitrogens with one attached hydrogen (secondary N) is 1. The summed E-state index contributed by atoms with van der Waals surface area (Å²) >= 11 is 13.2. The molecule has 12 heteroatoms. The number of amides is 3. The van der Waals surface area contributed by atoms with E-state index >= 15 is 0 Å². The second kappa shape index (κ2) is 9.22. The predicted octanol–water partition coefficient (Wildman–Crippen LogP) is 3.94. The summed E-state index contributed by atoms with van der Waals surface area (Å²) in [6.07, 6.45) is -0.0681. The maximum atomic E-state index is 13.4. The summed E-state index contributed by atoms with van der Waals surface area (Å²) in [5, 5.41) is 12.7. The van der Waals surface area contributed by atoms with E-state index in [1.165, 1.54) is 16.2 Å². The van der Waals surface area contributed by atoms with Crippen LogP contribution in [-0.4, -0.2) is 33.4 Å². The van der Waals surface area contributed by atoms with Gasteiger partial charge in [0.25, 0.3) is 5.91 Å². The summed E-state index contributed by atoms with van der Waals surface area (Å²) in [6.45, 7) is 3.53. The van der Waals surface area contributed by atoms with Crippen LogP contribution < -0.4 is 20.9 Å². The quantitative estimate of drug-likeness (QED) is 0.465. The molecule has 0 unspecified atom stereocenters. The van der Waals surface area contributed by atoms with Crippen LogP contribution in [0.3, 0.4) is 0 Å². The first kappa shape index (κ1) is 24.5. The molecule has 178 valence electrons. The number of carbonyl (C=O) groups is 3. The second-order valence-corrected chi connectivity index (χ2v) is 10.1. The third-order valence-electron chi connectivity index (χ3n) is 5.47. The molecule has 35 heavy (non-hydrogen) atoms. The van der Waals surface area contributed by atoms with Gasteiger partial charge in [-0.2, -0.15) is 5.26 Å². The van der Waals surface area contributed by atoms with Crippen molar-refractivity contribution in [3.8, 4) is 6.07 Å². The molecule has 2 heterocycles. The molecular weight excluding hydrogens is 508 g/mol. The third kappa shape index (κ3) is 4.55. The Hall–Kier alpha value is -3.59. The molecule has 0 spiro atoms. The van der Waals surface area contributed by atoms with Crippen molar-refractivity contribution in [1.29, 1.82) is 5.26 Å². The molecule has 1 saturated heterocycles. The summed E-state index contributed by atoms with van der Waals surface area (Å²) < 4.78 is 0.823. The van der Waals surface area contributed by atoms with E-state index in [0.29, 0.717) is 27.6 Å². The van der Waals surface area contributed by atoms with E-state index in [2.05, 4.69) is 10.3 Å². The highest BCUT2D eigenvalue weighted by Crippen LogP contribution is 2.39. The number of carbonyl (C=O) groups excluding carboxylic acids is 3. The van der Waals surface area contributed by atoms with Gasteiger partial charge in [-0.25, -0.2) is 4.98 Å². The van der Waals surface area contributed by atoms with Gasteiger partial charge in [0.1, 0.15) is 11.6 Å². The Morgan fingerprint density at radius 1 is 1.23 bits per heavy atom. The smallest absolute Gasteiger partial charge is 0.259 e. The summed E-state index contributed by atoms with van der Waals surface area (Å²) in [5.74, 6) is -1.15. The lowest BCUT2D eigenvalue weighted by Gasteiger charge is -2.29. The third-order valence-corrected chi connectivity index (χ3v) is 7.10. The molecule has 3 N–H and O–H groups in total. The molecule has 3 aromatic rings. The van der Waals surface area contributed by atoms with E-state index < -0.39 is 11.4 Å². The molecule has 2 aromatic carbocycles. The Morgan fingerprint density at radius 3 is 2.60 bits per heavy atom. The number of aromatic nitrogens is 1. The van der Waals surface area contributed by atoms with Crippen molar-refractivity contribution in [3.63, 3.8) is 0 Å². The van der Waals surface area contributed by atoms with E-state index in [1.807, 2.05) is 18.2 Å². The van der Waals surface area contributed by atoms with Crippen LogP contribution in [0.15, 0.2) is 36.4 Å². The van der Waals surface area contributed by atoms with E-state index in [1.54, 1.807) is 43.0 Å².